The second-order valence-corrected chi connectivity index (χ2v) is 6.32. The van der Waals surface area contributed by atoms with Crippen LogP contribution in [0, 0.1) is 5.82 Å². The predicted octanol–water partition coefficient (Wildman–Crippen LogP) is 2.13. The highest BCUT2D eigenvalue weighted by Crippen LogP contribution is 2.23. The molecule has 0 aromatic heterocycles. The Hall–Kier alpha value is -0.980. The highest BCUT2D eigenvalue weighted by atomic mass is 79.9. The number of benzene rings is 1. The molecule has 2 saturated heterocycles. The SMILES string of the molecule is O=C(c1cc(F)ccc1Br)N1CCC(N2CCOCC2)C1. The first kappa shape index (κ1) is 14.9. The highest BCUT2D eigenvalue weighted by Gasteiger charge is 2.32. The van der Waals surface area contributed by atoms with Crippen molar-refractivity contribution in [3.05, 3.63) is 34.1 Å². The van der Waals surface area contributed by atoms with Crippen LogP contribution in [0.1, 0.15) is 16.8 Å². The van der Waals surface area contributed by atoms with E-state index in [-0.39, 0.29) is 11.7 Å². The summed E-state index contributed by atoms with van der Waals surface area (Å²) < 4.78 is 19.4. The third kappa shape index (κ3) is 3.27. The van der Waals surface area contributed by atoms with E-state index in [0.29, 0.717) is 22.6 Å². The van der Waals surface area contributed by atoms with E-state index in [1.54, 1.807) is 6.07 Å². The minimum Gasteiger partial charge on any atom is -0.379 e. The van der Waals surface area contributed by atoms with Gasteiger partial charge >= 0.3 is 0 Å². The molecule has 0 N–H and O–H groups in total. The van der Waals surface area contributed by atoms with Gasteiger partial charge in [-0.1, -0.05) is 0 Å². The summed E-state index contributed by atoms with van der Waals surface area (Å²) in [7, 11) is 0. The Morgan fingerprint density at radius 2 is 2.05 bits per heavy atom. The van der Waals surface area contributed by atoms with Crippen molar-refractivity contribution in [2.24, 2.45) is 0 Å². The highest BCUT2D eigenvalue weighted by molar-refractivity contribution is 9.10. The Balaban J connectivity index is 1.67. The van der Waals surface area contributed by atoms with Crippen LogP contribution >= 0.6 is 15.9 Å². The lowest BCUT2D eigenvalue weighted by atomic mass is 10.2. The number of hydrogen-bond acceptors (Lipinski definition) is 3. The largest absolute Gasteiger partial charge is 0.379 e. The van der Waals surface area contributed by atoms with E-state index in [9.17, 15) is 9.18 Å². The average molecular weight is 357 g/mol. The predicted molar refractivity (Wildman–Crippen MR) is 80.8 cm³/mol. The zero-order valence-electron chi connectivity index (χ0n) is 11.7. The summed E-state index contributed by atoms with van der Waals surface area (Å²) in [5.41, 5.74) is 0.401. The monoisotopic (exact) mass is 356 g/mol. The molecule has 0 spiro atoms. The minimum atomic E-state index is -0.384. The number of nitrogens with zero attached hydrogens (tertiary/aromatic N) is 2. The lowest BCUT2D eigenvalue weighted by molar-refractivity contribution is 0.0185. The number of likely N-dealkylation sites (tertiary alicyclic amines) is 1. The maximum Gasteiger partial charge on any atom is 0.255 e. The smallest absolute Gasteiger partial charge is 0.255 e. The fraction of sp³-hybridized carbons (Fsp3) is 0.533. The Morgan fingerprint density at radius 3 is 2.81 bits per heavy atom. The number of hydrogen-bond donors (Lipinski definition) is 0. The second kappa shape index (κ2) is 6.42. The number of halogens is 2. The molecule has 1 atom stereocenters. The molecule has 0 aliphatic carbocycles. The molecule has 21 heavy (non-hydrogen) atoms. The maximum absolute atomic E-state index is 13.3. The number of carbonyl (C=O) groups excluding carboxylic acids is 1. The summed E-state index contributed by atoms with van der Waals surface area (Å²) in [6.07, 6.45) is 0.971. The number of rotatable bonds is 2. The number of ether oxygens (including phenoxy) is 1. The Labute approximate surface area is 132 Å². The molecule has 1 amide bonds. The van der Waals surface area contributed by atoms with Gasteiger partial charge < -0.3 is 9.64 Å². The van der Waals surface area contributed by atoms with Gasteiger partial charge in [0, 0.05) is 36.7 Å². The van der Waals surface area contributed by atoms with E-state index >= 15 is 0 Å². The summed E-state index contributed by atoms with van der Waals surface area (Å²) in [5.74, 6) is -0.484. The van der Waals surface area contributed by atoms with Gasteiger partial charge in [-0.2, -0.15) is 0 Å². The van der Waals surface area contributed by atoms with Crippen LogP contribution < -0.4 is 0 Å². The van der Waals surface area contributed by atoms with Crippen LogP contribution in [0.5, 0.6) is 0 Å². The van der Waals surface area contributed by atoms with Crippen LogP contribution in [0.2, 0.25) is 0 Å². The third-order valence-corrected chi connectivity index (χ3v) is 4.86. The van der Waals surface area contributed by atoms with Crippen molar-refractivity contribution >= 4 is 21.8 Å². The molecule has 114 valence electrons. The molecule has 2 aliphatic heterocycles. The van der Waals surface area contributed by atoms with Crippen LogP contribution in [0.4, 0.5) is 4.39 Å². The first-order valence-corrected chi connectivity index (χ1v) is 8.00. The van der Waals surface area contributed by atoms with E-state index in [1.807, 2.05) is 4.90 Å². The van der Waals surface area contributed by atoms with Gasteiger partial charge in [0.15, 0.2) is 0 Å². The van der Waals surface area contributed by atoms with Crippen molar-refractivity contribution in [2.75, 3.05) is 39.4 Å². The molecule has 6 heteroatoms. The standard InChI is InChI=1S/C15H18BrFN2O2/c16-14-2-1-11(17)9-13(14)15(20)19-4-3-12(10-19)18-5-7-21-8-6-18/h1-2,9,12H,3-8,10H2. The van der Waals surface area contributed by atoms with Crippen LogP contribution in [0.25, 0.3) is 0 Å². The van der Waals surface area contributed by atoms with E-state index in [1.165, 1.54) is 12.1 Å². The van der Waals surface area contributed by atoms with Crippen LogP contribution in [-0.4, -0.2) is 61.1 Å². The average Bonchev–Trinajstić information content (AvgIpc) is 3.00. The molecular formula is C15H18BrFN2O2. The number of morpholine rings is 1. The zero-order valence-corrected chi connectivity index (χ0v) is 13.3. The minimum absolute atomic E-state index is 0.0999. The topological polar surface area (TPSA) is 32.8 Å². The molecule has 2 aliphatic rings. The molecule has 0 bridgehead atoms. The summed E-state index contributed by atoms with van der Waals surface area (Å²) >= 11 is 3.33. The van der Waals surface area contributed by atoms with Crippen molar-refractivity contribution in [3.8, 4) is 0 Å². The van der Waals surface area contributed by atoms with E-state index in [0.717, 1.165) is 39.3 Å². The van der Waals surface area contributed by atoms with Gasteiger partial charge in [-0.15, -0.1) is 0 Å². The second-order valence-electron chi connectivity index (χ2n) is 5.47. The molecule has 4 nitrogen and oxygen atoms in total. The molecule has 1 unspecified atom stereocenters. The lowest BCUT2D eigenvalue weighted by Gasteiger charge is -2.32. The van der Waals surface area contributed by atoms with Crippen LogP contribution in [-0.2, 0) is 4.74 Å². The fourth-order valence-corrected chi connectivity index (χ4v) is 3.41. The first-order valence-electron chi connectivity index (χ1n) is 7.21. The number of carbonyl (C=O) groups is 1. The normalized spacial score (nSPS) is 23.5. The summed E-state index contributed by atoms with van der Waals surface area (Å²) in [6.45, 7) is 4.82. The third-order valence-electron chi connectivity index (χ3n) is 4.17. The Morgan fingerprint density at radius 1 is 1.29 bits per heavy atom. The van der Waals surface area contributed by atoms with Gasteiger partial charge in [0.25, 0.3) is 5.91 Å². The zero-order chi connectivity index (χ0) is 14.8. The molecule has 1 aromatic carbocycles. The van der Waals surface area contributed by atoms with Crippen LogP contribution in [0.3, 0.4) is 0 Å². The van der Waals surface area contributed by atoms with E-state index in [4.69, 9.17) is 4.74 Å². The van der Waals surface area contributed by atoms with Gasteiger partial charge in [0.2, 0.25) is 0 Å². The van der Waals surface area contributed by atoms with Crippen molar-refractivity contribution in [3.63, 3.8) is 0 Å². The van der Waals surface area contributed by atoms with E-state index < -0.39 is 0 Å². The van der Waals surface area contributed by atoms with Crippen molar-refractivity contribution in [1.82, 2.24) is 9.80 Å². The molecule has 0 radical (unpaired) electrons. The first-order chi connectivity index (χ1) is 10.1. The Bertz CT molecular complexity index is 534. The molecule has 0 saturated carbocycles. The van der Waals surface area contributed by atoms with Crippen molar-refractivity contribution in [2.45, 2.75) is 12.5 Å². The molecule has 1 aromatic rings. The fourth-order valence-electron chi connectivity index (χ4n) is 3.00. The lowest BCUT2D eigenvalue weighted by Crippen LogP contribution is -2.45. The van der Waals surface area contributed by atoms with Crippen molar-refractivity contribution in [1.29, 1.82) is 0 Å². The van der Waals surface area contributed by atoms with Gasteiger partial charge in [0.05, 0.1) is 18.8 Å². The summed E-state index contributed by atoms with van der Waals surface area (Å²) in [5, 5.41) is 0. The van der Waals surface area contributed by atoms with Gasteiger partial charge in [0.1, 0.15) is 5.82 Å². The van der Waals surface area contributed by atoms with Gasteiger partial charge in [-0.25, -0.2) is 4.39 Å². The molecular weight excluding hydrogens is 339 g/mol. The maximum atomic E-state index is 13.3. The number of amides is 1. The van der Waals surface area contributed by atoms with E-state index in [2.05, 4.69) is 20.8 Å². The van der Waals surface area contributed by atoms with Gasteiger partial charge in [-0.3, -0.25) is 9.69 Å². The Kier molecular flexibility index (Phi) is 4.57. The summed E-state index contributed by atoms with van der Waals surface area (Å²) in [4.78, 5) is 16.7. The molecule has 2 heterocycles. The van der Waals surface area contributed by atoms with Crippen LogP contribution in [0.15, 0.2) is 22.7 Å². The molecule has 2 fully saturated rings. The molecule has 3 rings (SSSR count). The van der Waals surface area contributed by atoms with Gasteiger partial charge in [-0.05, 0) is 40.5 Å². The summed E-state index contributed by atoms with van der Waals surface area (Å²) in [6, 6.07) is 4.62. The van der Waals surface area contributed by atoms with Crippen molar-refractivity contribution < 1.29 is 13.9 Å². The quantitative estimate of drug-likeness (QED) is 0.813.